The van der Waals surface area contributed by atoms with Crippen molar-refractivity contribution in [1.29, 1.82) is 0 Å². The van der Waals surface area contributed by atoms with Crippen molar-refractivity contribution in [1.82, 2.24) is 0 Å². The molecule has 0 amide bonds. The fraction of sp³-hybridized carbons (Fsp3) is 0.583. The van der Waals surface area contributed by atoms with Gasteiger partial charge in [-0.2, -0.15) is 8.42 Å². The van der Waals surface area contributed by atoms with Crippen LogP contribution in [0, 0.1) is 0 Å². The summed E-state index contributed by atoms with van der Waals surface area (Å²) in [7, 11) is -5.45. The van der Waals surface area contributed by atoms with Crippen molar-refractivity contribution >= 4 is 75.0 Å². The molecule has 2 heterocycles. The molecule has 0 saturated carbocycles. The van der Waals surface area contributed by atoms with Gasteiger partial charge in [0.1, 0.15) is 41.7 Å². The first-order chi connectivity index (χ1) is 28.9. The number of esters is 8. The zero-order chi connectivity index (χ0) is 46.5. The maximum Gasteiger partial charge on any atom is 1.00 e. The van der Waals surface area contributed by atoms with Crippen LogP contribution in [0.1, 0.15) is 61.0 Å². The first-order valence-electron chi connectivity index (χ1n) is 18.2. The van der Waals surface area contributed by atoms with E-state index in [1.54, 1.807) is 0 Å². The van der Waals surface area contributed by atoms with Crippen LogP contribution in [0.25, 0.3) is 0 Å². The molecule has 0 N–H and O–H groups in total. The van der Waals surface area contributed by atoms with E-state index >= 15 is 0 Å². The second-order valence-electron chi connectivity index (χ2n) is 13.2. The fourth-order valence-corrected chi connectivity index (χ4v) is 7.25. The maximum atomic E-state index is 12.3. The van der Waals surface area contributed by atoms with Gasteiger partial charge >= 0.3 is 99.1 Å². The standard InChI is InChI=1S/C36H45NO23S2.K/c1-16(38)49-14-26-29(51-18(3)40)31(53-20(5)42)33(55-22(7)44)35(58-26)57-25-11-9-24(10-12-25)13-28(37-60-62(46,47)48)61-36-34(56-23(8)45)32(54-21(6)43)30(52-19(4)41)27(59-36)15-50-17(2)39;/h9-12,26-27,29-36H,13-15H2,1-8H3,(H,46,47,48);/q;+1/p-1/b37-28-;/t26-,27-,29-,30-,31+,32+,33-,34-,35-,36+;/m1./s1. The minimum atomic E-state index is -5.45. The van der Waals surface area contributed by atoms with Gasteiger partial charge in [0.05, 0.1) is 0 Å². The number of thioether (sulfide) groups is 1. The van der Waals surface area contributed by atoms with Gasteiger partial charge in [-0.05, 0) is 17.7 Å². The molecule has 1 aromatic carbocycles. The number of rotatable bonds is 17. The SMILES string of the molecule is CC(=O)OC[C@H]1O[C@@H](S/C(Cc2ccc(O[C@@H]3O[C@H](COC(C)=O)[C@@H](OC(C)=O)[C@H](OC(C)=O)[C@H]3OC(C)=O)cc2)=N\OS(=O)(=O)[O-])[C@H](OC(C)=O)[C@@H](OC(C)=O)[C@@H]1OC(C)=O.[K+]. The number of oxime groups is 1. The topological polar surface area (TPSA) is 317 Å². The van der Waals surface area contributed by atoms with Crippen molar-refractivity contribution in [3.05, 3.63) is 29.8 Å². The summed E-state index contributed by atoms with van der Waals surface area (Å²) >= 11 is 0.533. The molecule has 1 aromatic rings. The van der Waals surface area contributed by atoms with Gasteiger partial charge in [-0.15, -0.1) is 0 Å². The van der Waals surface area contributed by atoms with Gasteiger partial charge < -0.3 is 56.7 Å². The Kier molecular flexibility index (Phi) is 22.4. The Balaban J connectivity index is 0.0000137. The Hall–Kier alpha value is -3.93. The number of carbonyl (C=O) groups excluding carboxylic acids is 8. The number of benzene rings is 1. The molecule has 0 aliphatic carbocycles. The molecule has 3 rings (SSSR count). The number of hydrogen-bond acceptors (Lipinski definition) is 25. The summed E-state index contributed by atoms with van der Waals surface area (Å²) in [5.74, 6) is -6.79. The molecule has 2 fully saturated rings. The Morgan fingerprint density at radius 3 is 1.41 bits per heavy atom. The van der Waals surface area contributed by atoms with E-state index in [9.17, 15) is 51.3 Å². The molecule has 0 unspecified atom stereocenters. The van der Waals surface area contributed by atoms with Crippen molar-refractivity contribution < 1.29 is 159 Å². The number of carbonyl (C=O) groups is 8. The molecule has 2 aliphatic heterocycles. The van der Waals surface area contributed by atoms with Gasteiger partial charge in [0.15, 0.2) is 30.5 Å². The molecule has 0 aromatic heterocycles. The molecule has 344 valence electrons. The van der Waals surface area contributed by atoms with Crippen LogP contribution < -0.4 is 56.1 Å². The molecule has 2 saturated heterocycles. The zero-order valence-electron chi connectivity index (χ0n) is 35.4. The van der Waals surface area contributed by atoms with E-state index in [1.807, 2.05) is 0 Å². The van der Waals surface area contributed by atoms with E-state index in [2.05, 4.69) is 9.44 Å². The third-order valence-electron chi connectivity index (χ3n) is 7.91. The summed E-state index contributed by atoms with van der Waals surface area (Å²) in [5, 5.41) is 3.15. The first-order valence-corrected chi connectivity index (χ1v) is 20.4. The van der Waals surface area contributed by atoms with Crippen molar-refractivity contribution in [2.75, 3.05) is 13.2 Å². The van der Waals surface area contributed by atoms with Gasteiger partial charge in [-0.25, -0.2) is 0 Å². The maximum absolute atomic E-state index is 12.3. The molecule has 0 spiro atoms. The minimum absolute atomic E-state index is 0. The minimum Gasteiger partial charge on any atom is -0.714 e. The monoisotopic (exact) mass is 961 g/mol. The molecule has 27 heteroatoms. The van der Waals surface area contributed by atoms with E-state index in [4.69, 9.17) is 52.1 Å². The summed E-state index contributed by atoms with van der Waals surface area (Å²) in [5.41, 5.74) is -1.19. The van der Waals surface area contributed by atoms with Gasteiger partial charge in [0, 0.05) is 61.8 Å². The molecule has 0 radical (unpaired) electrons. The van der Waals surface area contributed by atoms with Gasteiger partial charge in [0.25, 0.3) is 10.4 Å². The smallest absolute Gasteiger partial charge is 0.714 e. The third-order valence-corrected chi connectivity index (χ3v) is 9.27. The Morgan fingerprint density at radius 1 is 0.587 bits per heavy atom. The van der Waals surface area contributed by atoms with E-state index in [-0.39, 0.29) is 68.6 Å². The molecular weight excluding hydrogens is 918 g/mol. The van der Waals surface area contributed by atoms with Gasteiger partial charge in [-0.1, -0.05) is 29.1 Å². The predicted octanol–water partition coefficient (Wildman–Crippen LogP) is -2.70. The number of nitrogens with zero attached hydrogens (tertiary/aromatic N) is 1. The van der Waals surface area contributed by atoms with Crippen molar-refractivity contribution in [3.63, 3.8) is 0 Å². The number of hydrogen-bond donors (Lipinski definition) is 0. The Morgan fingerprint density at radius 2 is 0.984 bits per heavy atom. The van der Waals surface area contributed by atoms with Crippen LogP contribution in [0.2, 0.25) is 0 Å². The summed E-state index contributed by atoms with van der Waals surface area (Å²) in [4.78, 5) is 96.5. The quantitative estimate of drug-likeness (QED) is 0.0224. The van der Waals surface area contributed by atoms with Crippen molar-refractivity contribution in [2.24, 2.45) is 5.16 Å². The van der Waals surface area contributed by atoms with E-state index < -0.39 is 132 Å². The third kappa shape index (κ3) is 19.0. The zero-order valence-corrected chi connectivity index (χ0v) is 40.1. The largest absolute Gasteiger partial charge is 1.00 e. The van der Waals surface area contributed by atoms with Crippen LogP contribution >= 0.6 is 11.8 Å². The van der Waals surface area contributed by atoms with Crippen LogP contribution in [0.3, 0.4) is 0 Å². The predicted molar refractivity (Wildman–Crippen MR) is 200 cm³/mol. The van der Waals surface area contributed by atoms with E-state index in [0.29, 0.717) is 17.3 Å². The average Bonchev–Trinajstić information content (AvgIpc) is 3.13. The average molecular weight is 962 g/mol. The van der Waals surface area contributed by atoms with Crippen LogP contribution in [-0.2, 0) is 107 Å². The summed E-state index contributed by atoms with van der Waals surface area (Å²) < 4.78 is 99.2. The van der Waals surface area contributed by atoms with E-state index in [1.165, 1.54) is 24.3 Å². The molecule has 10 atom stereocenters. The van der Waals surface area contributed by atoms with Crippen LogP contribution in [0.4, 0.5) is 0 Å². The molecular formula is C36H44KNO23S2. The molecule has 24 nitrogen and oxygen atoms in total. The first kappa shape index (κ1) is 55.2. The second-order valence-corrected chi connectivity index (χ2v) is 15.3. The second kappa shape index (κ2) is 25.5. The van der Waals surface area contributed by atoms with E-state index in [0.717, 1.165) is 55.4 Å². The van der Waals surface area contributed by atoms with Crippen molar-refractivity contribution in [3.8, 4) is 5.75 Å². The summed E-state index contributed by atoms with van der Waals surface area (Å²) in [6.07, 6.45) is -13.9. The normalized spacial score (nSPS) is 25.6. The Bertz CT molecular complexity index is 1960. The molecule has 63 heavy (non-hydrogen) atoms. The van der Waals surface area contributed by atoms with Gasteiger partial charge in [0.2, 0.25) is 12.4 Å². The summed E-state index contributed by atoms with van der Waals surface area (Å²) in [6.45, 7) is 7.28. The molecule has 0 bridgehead atoms. The van der Waals surface area contributed by atoms with Crippen LogP contribution in [0.5, 0.6) is 5.75 Å². The van der Waals surface area contributed by atoms with Crippen LogP contribution in [-0.4, -0.2) is 140 Å². The van der Waals surface area contributed by atoms with Crippen LogP contribution in [0.15, 0.2) is 29.4 Å². The van der Waals surface area contributed by atoms with Gasteiger partial charge in [-0.3, -0.25) is 42.6 Å². The summed E-state index contributed by atoms with van der Waals surface area (Å²) in [6, 6.07) is 5.53. The molecule has 2 aliphatic rings. The van der Waals surface area contributed by atoms with Crippen molar-refractivity contribution in [2.45, 2.75) is 122 Å². The fourth-order valence-electron chi connectivity index (χ4n) is 5.88. The number of ether oxygens (including phenoxy) is 11. The Labute approximate surface area is 407 Å².